The molecule has 1 N–H and O–H groups in total. The number of aromatic nitrogens is 1. The highest BCUT2D eigenvalue weighted by Crippen LogP contribution is 2.20. The number of carbonyl (C=O) groups excluding carboxylic acids is 1. The minimum atomic E-state index is -0.278. The Morgan fingerprint density at radius 1 is 1.62 bits per heavy atom. The lowest BCUT2D eigenvalue weighted by molar-refractivity contribution is 0.0409. The molecule has 2 atom stereocenters. The van der Waals surface area contributed by atoms with Gasteiger partial charge in [0, 0.05) is 24.6 Å². The normalized spacial score (nSPS) is 19.9. The molecule has 0 aliphatic carbocycles. The molecule has 0 bridgehead atoms. The minimum absolute atomic E-state index is 0.0198. The molecule has 1 aliphatic heterocycles. The van der Waals surface area contributed by atoms with Gasteiger partial charge in [-0.05, 0) is 32.8 Å². The molecule has 0 saturated carbocycles. The molecule has 0 unspecified atom stereocenters. The van der Waals surface area contributed by atoms with Gasteiger partial charge < -0.3 is 14.8 Å². The van der Waals surface area contributed by atoms with Gasteiger partial charge in [-0.25, -0.2) is 4.98 Å². The molecule has 1 saturated heterocycles. The van der Waals surface area contributed by atoms with Crippen molar-refractivity contribution in [2.45, 2.75) is 32.7 Å². The SMILES string of the molecule is CCOc1ccc(Cl)c(C(=O)N[C@H](C)[C@@H]2CCCOC2)n1. The van der Waals surface area contributed by atoms with Crippen molar-refractivity contribution < 1.29 is 14.3 Å². The van der Waals surface area contributed by atoms with Crippen LogP contribution in [0.1, 0.15) is 37.2 Å². The maximum Gasteiger partial charge on any atom is 0.271 e. The topological polar surface area (TPSA) is 60.5 Å². The number of carbonyl (C=O) groups is 1. The monoisotopic (exact) mass is 312 g/mol. The molecule has 1 aromatic heterocycles. The second-order valence-corrected chi connectivity index (χ2v) is 5.56. The van der Waals surface area contributed by atoms with Gasteiger partial charge in [-0.2, -0.15) is 0 Å². The van der Waals surface area contributed by atoms with Crippen LogP contribution < -0.4 is 10.1 Å². The third-order valence-electron chi connectivity index (χ3n) is 3.59. The zero-order valence-corrected chi connectivity index (χ0v) is 13.2. The first-order valence-electron chi connectivity index (χ1n) is 7.29. The molecule has 1 aliphatic rings. The summed E-state index contributed by atoms with van der Waals surface area (Å²) in [5.41, 5.74) is 0.200. The molecule has 0 spiro atoms. The van der Waals surface area contributed by atoms with Crippen molar-refractivity contribution >= 4 is 17.5 Å². The Labute approximate surface area is 130 Å². The van der Waals surface area contributed by atoms with Crippen molar-refractivity contribution in [3.05, 3.63) is 22.8 Å². The Morgan fingerprint density at radius 2 is 2.43 bits per heavy atom. The fraction of sp³-hybridized carbons (Fsp3) is 0.600. The fourth-order valence-electron chi connectivity index (χ4n) is 2.36. The summed E-state index contributed by atoms with van der Waals surface area (Å²) in [4.78, 5) is 16.5. The first-order valence-corrected chi connectivity index (χ1v) is 7.67. The Kier molecular flexibility index (Phi) is 5.82. The predicted octanol–water partition coefficient (Wildman–Crippen LogP) is 2.68. The maximum absolute atomic E-state index is 12.3. The zero-order chi connectivity index (χ0) is 15.2. The largest absolute Gasteiger partial charge is 0.478 e. The number of rotatable bonds is 5. The fourth-order valence-corrected chi connectivity index (χ4v) is 2.56. The van der Waals surface area contributed by atoms with E-state index in [4.69, 9.17) is 21.1 Å². The highest BCUT2D eigenvalue weighted by Gasteiger charge is 2.24. The Morgan fingerprint density at radius 3 is 3.10 bits per heavy atom. The van der Waals surface area contributed by atoms with E-state index >= 15 is 0 Å². The lowest BCUT2D eigenvalue weighted by Gasteiger charge is -2.28. The number of pyridine rings is 1. The molecule has 21 heavy (non-hydrogen) atoms. The van der Waals surface area contributed by atoms with Crippen molar-refractivity contribution in [2.24, 2.45) is 5.92 Å². The van der Waals surface area contributed by atoms with Gasteiger partial charge in [-0.1, -0.05) is 11.6 Å². The van der Waals surface area contributed by atoms with E-state index in [2.05, 4.69) is 10.3 Å². The van der Waals surface area contributed by atoms with Crippen LogP contribution in [-0.4, -0.2) is 36.8 Å². The van der Waals surface area contributed by atoms with Crippen molar-refractivity contribution in [1.82, 2.24) is 10.3 Å². The molecule has 2 rings (SSSR count). The number of halogens is 1. The Hall–Kier alpha value is -1.33. The van der Waals surface area contributed by atoms with Crippen molar-refractivity contribution in [3.63, 3.8) is 0 Å². The second kappa shape index (κ2) is 7.61. The van der Waals surface area contributed by atoms with Crippen LogP contribution >= 0.6 is 11.6 Å². The summed E-state index contributed by atoms with van der Waals surface area (Å²) in [6.45, 7) is 5.83. The summed E-state index contributed by atoms with van der Waals surface area (Å²) in [6, 6.07) is 3.30. The van der Waals surface area contributed by atoms with Gasteiger partial charge in [0.25, 0.3) is 5.91 Å². The van der Waals surface area contributed by atoms with Crippen molar-refractivity contribution in [1.29, 1.82) is 0 Å². The van der Waals surface area contributed by atoms with E-state index < -0.39 is 0 Å². The molecular formula is C15H21ClN2O3. The molecular weight excluding hydrogens is 292 g/mol. The van der Waals surface area contributed by atoms with Crippen LogP contribution in [0.2, 0.25) is 5.02 Å². The lowest BCUT2D eigenvalue weighted by Crippen LogP contribution is -2.41. The molecule has 0 aromatic carbocycles. The van der Waals surface area contributed by atoms with Crippen LogP contribution in [0.15, 0.2) is 12.1 Å². The quantitative estimate of drug-likeness (QED) is 0.908. The van der Waals surface area contributed by atoms with Crippen LogP contribution in [0.25, 0.3) is 0 Å². The van der Waals surface area contributed by atoms with E-state index in [1.54, 1.807) is 12.1 Å². The average molecular weight is 313 g/mol. The van der Waals surface area contributed by atoms with Crippen LogP contribution in [0.5, 0.6) is 5.88 Å². The Balaban J connectivity index is 2.03. The maximum atomic E-state index is 12.3. The first kappa shape index (κ1) is 16.0. The van der Waals surface area contributed by atoms with Gasteiger partial charge in [0.2, 0.25) is 5.88 Å². The molecule has 5 nitrogen and oxygen atoms in total. The van der Waals surface area contributed by atoms with Crippen LogP contribution in [0.4, 0.5) is 0 Å². The summed E-state index contributed by atoms with van der Waals surface area (Å²) < 4.78 is 10.8. The third-order valence-corrected chi connectivity index (χ3v) is 3.89. The van der Waals surface area contributed by atoms with Crippen LogP contribution in [-0.2, 0) is 4.74 Å². The van der Waals surface area contributed by atoms with Gasteiger partial charge in [-0.3, -0.25) is 4.79 Å². The zero-order valence-electron chi connectivity index (χ0n) is 12.4. The molecule has 1 amide bonds. The summed E-state index contributed by atoms with van der Waals surface area (Å²) in [7, 11) is 0. The predicted molar refractivity (Wildman–Crippen MR) is 80.9 cm³/mol. The molecule has 1 fully saturated rings. The van der Waals surface area contributed by atoms with Crippen LogP contribution in [0, 0.1) is 5.92 Å². The van der Waals surface area contributed by atoms with Crippen molar-refractivity contribution in [3.8, 4) is 5.88 Å². The van der Waals surface area contributed by atoms with Gasteiger partial charge >= 0.3 is 0 Å². The van der Waals surface area contributed by atoms with Gasteiger partial charge in [-0.15, -0.1) is 0 Å². The number of ether oxygens (including phenoxy) is 2. The summed E-state index contributed by atoms with van der Waals surface area (Å²) in [5.74, 6) is 0.455. The van der Waals surface area contributed by atoms with Gasteiger partial charge in [0.15, 0.2) is 5.69 Å². The summed E-state index contributed by atoms with van der Waals surface area (Å²) >= 11 is 6.06. The van der Waals surface area contributed by atoms with Crippen LogP contribution in [0.3, 0.4) is 0 Å². The van der Waals surface area contributed by atoms with E-state index in [-0.39, 0.29) is 17.6 Å². The number of hydrogen-bond acceptors (Lipinski definition) is 4. The third kappa shape index (κ3) is 4.32. The molecule has 116 valence electrons. The number of nitrogens with one attached hydrogen (secondary N) is 1. The number of hydrogen-bond donors (Lipinski definition) is 1. The van der Waals surface area contributed by atoms with E-state index in [1.165, 1.54) is 0 Å². The number of nitrogens with zero attached hydrogens (tertiary/aromatic N) is 1. The first-order chi connectivity index (χ1) is 10.1. The molecule has 1 aromatic rings. The minimum Gasteiger partial charge on any atom is -0.478 e. The van der Waals surface area contributed by atoms with E-state index in [0.29, 0.717) is 30.0 Å². The van der Waals surface area contributed by atoms with Gasteiger partial charge in [0.1, 0.15) is 0 Å². The van der Waals surface area contributed by atoms with E-state index in [9.17, 15) is 4.79 Å². The summed E-state index contributed by atoms with van der Waals surface area (Å²) in [6.07, 6.45) is 2.09. The Bertz CT molecular complexity index is 490. The second-order valence-electron chi connectivity index (χ2n) is 5.15. The highest BCUT2D eigenvalue weighted by molar-refractivity contribution is 6.33. The van der Waals surface area contributed by atoms with Gasteiger partial charge in [0.05, 0.1) is 18.2 Å². The number of amides is 1. The standard InChI is InChI=1S/C15H21ClN2O3/c1-3-21-13-7-6-12(16)14(18-13)15(19)17-10(2)11-5-4-8-20-9-11/h6-7,10-11H,3-5,8-9H2,1-2H3,(H,17,19)/t10-,11-/m1/s1. The summed E-state index contributed by atoms with van der Waals surface area (Å²) in [5, 5.41) is 3.28. The lowest BCUT2D eigenvalue weighted by atomic mass is 9.95. The molecule has 2 heterocycles. The smallest absolute Gasteiger partial charge is 0.271 e. The van der Waals surface area contributed by atoms with Crippen molar-refractivity contribution in [2.75, 3.05) is 19.8 Å². The van der Waals surface area contributed by atoms with E-state index in [1.807, 2.05) is 13.8 Å². The molecule has 0 radical (unpaired) electrons. The molecule has 6 heteroatoms. The highest BCUT2D eigenvalue weighted by atomic mass is 35.5. The average Bonchev–Trinajstić information content (AvgIpc) is 2.50. The van der Waals surface area contributed by atoms with E-state index in [0.717, 1.165) is 19.4 Å².